The van der Waals surface area contributed by atoms with Crippen molar-refractivity contribution in [3.05, 3.63) is 36.1 Å². The molecule has 0 aromatic carbocycles. The van der Waals surface area contributed by atoms with Crippen LogP contribution in [-0.4, -0.2) is 30.5 Å². The summed E-state index contributed by atoms with van der Waals surface area (Å²) in [4.78, 5) is 12.0. The van der Waals surface area contributed by atoms with E-state index in [4.69, 9.17) is 9.76 Å². The maximum absolute atomic E-state index is 12.0. The lowest BCUT2D eigenvalue weighted by atomic mass is 9.79. The maximum atomic E-state index is 12.0. The summed E-state index contributed by atoms with van der Waals surface area (Å²) in [5.41, 5.74) is 0.833. The van der Waals surface area contributed by atoms with Gasteiger partial charge in [-0.1, -0.05) is 24.8 Å². The zero-order valence-corrected chi connectivity index (χ0v) is 11.7. The molecule has 1 aliphatic heterocycles. The highest BCUT2D eigenvalue weighted by Crippen LogP contribution is 2.19. The van der Waals surface area contributed by atoms with Crippen molar-refractivity contribution in [3.63, 3.8) is 0 Å². The predicted octanol–water partition coefficient (Wildman–Crippen LogP) is 2.36. The number of allylic oxidation sites excluding steroid dienone is 4. The lowest BCUT2D eigenvalue weighted by molar-refractivity contribution is -0.118. The molecule has 2 rings (SSSR count). The SMILES string of the molecule is C=C(O)CCC1CCC(NC(=O)C2=CC=CCC2)[B]O1. The van der Waals surface area contributed by atoms with Crippen molar-refractivity contribution in [1.82, 2.24) is 5.32 Å². The van der Waals surface area contributed by atoms with Gasteiger partial charge >= 0.3 is 7.48 Å². The minimum Gasteiger partial charge on any atom is -0.513 e. The summed E-state index contributed by atoms with van der Waals surface area (Å²) in [6.07, 6.45) is 10.8. The van der Waals surface area contributed by atoms with E-state index in [-0.39, 0.29) is 23.7 Å². The van der Waals surface area contributed by atoms with Crippen LogP contribution in [0.5, 0.6) is 0 Å². The summed E-state index contributed by atoms with van der Waals surface area (Å²) in [6, 6.07) is 0. The number of carbonyl (C=O) groups is 1. The van der Waals surface area contributed by atoms with E-state index < -0.39 is 0 Å². The van der Waals surface area contributed by atoms with E-state index in [1.54, 1.807) is 7.48 Å². The van der Waals surface area contributed by atoms with Crippen LogP contribution in [0.1, 0.15) is 38.5 Å². The van der Waals surface area contributed by atoms with Crippen LogP contribution in [0.25, 0.3) is 0 Å². The molecule has 2 atom stereocenters. The number of aliphatic hydroxyl groups excluding tert-OH is 1. The molecule has 1 amide bonds. The smallest absolute Gasteiger partial charge is 0.317 e. The Hall–Kier alpha value is -1.49. The fraction of sp³-hybridized carbons (Fsp3) is 0.533. The molecule has 4 nitrogen and oxygen atoms in total. The van der Waals surface area contributed by atoms with E-state index in [9.17, 15) is 4.79 Å². The highest BCUT2D eigenvalue weighted by Gasteiger charge is 2.25. The van der Waals surface area contributed by atoms with Crippen LogP contribution >= 0.6 is 0 Å². The Balaban J connectivity index is 1.71. The van der Waals surface area contributed by atoms with Gasteiger partial charge in [-0.2, -0.15) is 0 Å². The van der Waals surface area contributed by atoms with Crippen LogP contribution in [0, 0.1) is 0 Å². The third-order valence-corrected chi connectivity index (χ3v) is 3.61. The topological polar surface area (TPSA) is 58.6 Å². The molecule has 0 aromatic rings. The molecule has 0 aromatic heterocycles. The van der Waals surface area contributed by atoms with Crippen LogP contribution < -0.4 is 5.32 Å². The van der Waals surface area contributed by atoms with Crippen LogP contribution in [0.15, 0.2) is 36.1 Å². The van der Waals surface area contributed by atoms with E-state index in [1.165, 1.54) is 0 Å². The largest absolute Gasteiger partial charge is 0.513 e. The van der Waals surface area contributed by atoms with Gasteiger partial charge in [0.05, 0.1) is 5.76 Å². The number of rotatable bonds is 5. The van der Waals surface area contributed by atoms with Gasteiger partial charge in [0.2, 0.25) is 5.91 Å². The molecule has 5 heteroatoms. The van der Waals surface area contributed by atoms with Gasteiger partial charge in [-0.15, -0.1) is 0 Å². The molecule has 2 aliphatic rings. The Kier molecular flexibility index (Phi) is 5.47. The molecule has 20 heavy (non-hydrogen) atoms. The van der Waals surface area contributed by atoms with Gasteiger partial charge < -0.3 is 15.1 Å². The van der Waals surface area contributed by atoms with E-state index in [2.05, 4.69) is 18.0 Å². The summed E-state index contributed by atoms with van der Waals surface area (Å²) in [5.74, 6) is 0.172. The molecule has 1 radical (unpaired) electrons. The molecule has 1 saturated heterocycles. The molecule has 0 spiro atoms. The van der Waals surface area contributed by atoms with Crippen LogP contribution in [0.3, 0.4) is 0 Å². The highest BCUT2D eigenvalue weighted by atomic mass is 16.4. The van der Waals surface area contributed by atoms with Crippen molar-refractivity contribution < 1.29 is 14.6 Å². The number of nitrogens with one attached hydrogen (secondary N) is 1. The van der Waals surface area contributed by atoms with Crippen molar-refractivity contribution >= 4 is 13.4 Å². The van der Waals surface area contributed by atoms with Gasteiger partial charge in [-0.3, -0.25) is 4.79 Å². The molecular formula is C15H21BNO3. The summed E-state index contributed by atoms with van der Waals surface area (Å²) in [6.45, 7) is 3.47. The number of hydrogen-bond donors (Lipinski definition) is 2. The second-order valence-corrected chi connectivity index (χ2v) is 5.32. The Morgan fingerprint density at radius 1 is 1.55 bits per heavy atom. The third kappa shape index (κ3) is 4.56. The average molecular weight is 274 g/mol. The summed E-state index contributed by atoms with van der Waals surface area (Å²) in [5, 5.41) is 12.1. The third-order valence-electron chi connectivity index (χ3n) is 3.61. The molecule has 1 heterocycles. The number of hydrogen-bond acceptors (Lipinski definition) is 3. The van der Waals surface area contributed by atoms with Crippen molar-refractivity contribution in [2.75, 3.05) is 0 Å². The van der Waals surface area contributed by atoms with E-state index in [0.29, 0.717) is 6.42 Å². The first-order valence-electron chi connectivity index (χ1n) is 7.17. The van der Waals surface area contributed by atoms with Crippen LogP contribution in [0.4, 0.5) is 0 Å². The van der Waals surface area contributed by atoms with Crippen LogP contribution in [0.2, 0.25) is 0 Å². The Labute approximate surface area is 120 Å². The minimum absolute atomic E-state index is 0.00128. The summed E-state index contributed by atoms with van der Waals surface area (Å²) in [7, 11) is 1.71. The zero-order chi connectivity index (χ0) is 14.4. The lowest BCUT2D eigenvalue weighted by Crippen LogP contribution is -2.45. The van der Waals surface area contributed by atoms with E-state index >= 15 is 0 Å². The number of amides is 1. The Bertz CT molecular complexity index is 423. The van der Waals surface area contributed by atoms with Gasteiger partial charge in [-0.05, 0) is 32.1 Å². The van der Waals surface area contributed by atoms with Gasteiger partial charge in [0, 0.05) is 24.0 Å². The van der Waals surface area contributed by atoms with Gasteiger partial charge in [0.15, 0.2) is 0 Å². The minimum atomic E-state index is -0.0251. The predicted molar refractivity (Wildman–Crippen MR) is 79.3 cm³/mol. The molecular weight excluding hydrogens is 253 g/mol. The number of carbonyl (C=O) groups excluding carboxylic acids is 1. The molecule has 2 unspecified atom stereocenters. The zero-order valence-electron chi connectivity index (χ0n) is 11.7. The first-order valence-corrected chi connectivity index (χ1v) is 7.17. The summed E-state index contributed by atoms with van der Waals surface area (Å²) < 4.78 is 5.60. The van der Waals surface area contributed by atoms with Crippen molar-refractivity contribution in [1.29, 1.82) is 0 Å². The second-order valence-electron chi connectivity index (χ2n) is 5.32. The molecule has 1 fully saturated rings. The van der Waals surface area contributed by atoms with Gasteiger partial charge in [-0.25, -0.2) is 0 Å². The first-order chi connectivity index (χ1) is 9.65. The standard InChI is InChI=1S/C15H21BNO3/c1-11(18)7-8-13-9-10-14(16-20-13)17-15(19)12-5-3-2-4-6-12/h2-3,5,13-14,18H,1,4,6-10H2,(H,17,19). The van der Waals surface area contributed by atoms with E-state index in [0.717, 1.165) is 37.7 Å². The van der Waals surface area contributed by atoms with Gasteiger partial charge in [0.25, 0.3) is 0 Å². The maximum Gasteiger partial charge on any atom is 0.317 e. The highest BCUT2D eigenvalue weighted by molar-refractivity contribution is 6.30. The Morgan fingerprint density at radius 3 is 3.00 bits per heavy atom. The van der Waals surface area contributed by atoms with Crippen molar-refractivity contribution in [3.8, 4) is 0 Å². The fourth-order valence-electron chi connectivity index (χ4n) is 2.41. The average Bonchev–Trinajstić information content (AvgIpc) is 2.47. The lowest BCUT2D eigenvalue weighted by Gasteiger charge is -2.29. The summed E-state index contributed by atoms with van der Waals surface area (Å²) >= 11 is 0. The molecule has 0 saturated carbocycles. The monoisotopic (exact) mass is 274 g/mol. The molecule has 1 aliphatic carbocycles. The molecule has 107 valence electrons. The quantitative estimate of drug-likeness (QED) is 0.597. The first kappa shape index (κ1) is 14.9. The number of aliphatic hydroxyl groups is 1. The van der Waals surface area contributed by atoms with Crippen LogP contribution in [-0.2, 0) is 9.45 Å². The van der Waals surface area contributed by atoms with E-state index in [1.807, 2.05) is 12.2 Å². The molecule has 0 bridgehead atoms. The van der Waals surface area contributed by atoms with Crippen molar-refractivity contribution in [2.45, 2.75) is 50.6 Å². The Morgan fingerprint density at radius 2 is 2.40 bits per heavy atom. The fourth-order valence-corrected chi connectivity index (χ4v) is 2.41. The second kappa shape index (κ2) is 7.34. The van der Waals surface area contributed by atoms with Crippen molar-refractivity contribution in [2.24, 2.45) is 0 Å². The normalized spacial score (nSPS) is 25.5. The van der Waals surface area contributed by atoms with Gasteiger partial charge in [0.1, 0.15) is 0 Å². The molecule has 2 N–H and O–H groups in total.